The van der Waals surface area contributed by atoms with Crippen molar-refractivity contribution in [1.82, 2.24) is 4.90 Å². The van der Waals surface area contributed by atoms with Gasteiger partial charge in [-0.25, -0.2) is 4.79 Å². The Bertz CT molecular complexity index is 454. The van der Waals surface area contributed by atoms with Crippen molar-refractivity contribution in [3.8, 4) is 5.75 Å². The molecule has 0 aromatic heterocycles. The number of carboxylic acids is 1. The lowest BCUT2D eigenvalue weighted by Gasteiger charge is -2.41. The molecular weight excluding hydrogens is 218 g/mol. The molecule has 2 aliphatic rings. The molecule has 1 saturated heterocycles. The second-order valence-electron chi connectivity index (χ2n) is 4.56. The summed E-state index contributed by atoms with van der Waals surface area (Å²) in [7, 11) is 0. The SMILES string of the molecule is O=C(O)c1cccc2c1C(N1CCC1)CCO2. The molecule has 2 aliphatic heterocycles. The fourth-order valence-corrected chi connectivity index (χ4v) is 2.64. The van der Waals surface area contributed by atoms with E-state index in [4.69, 9.17) is 4.74 Å². The highest BCUT2D eigenvalue weighted by Gasteiger charge is 2.33. The van der Waals surface area contributed by atoms with E-state index in [2.05, 4.69) is 4.90 Å². The van der Waals surface area contributed by atoms with Gasteiger partial charge in [0.1, 0.15) is 5.75 Å². The zero-order valence-corrected chi connectivity index (χ0v) is 9.56. The number of carbonyl (C=O) groups is 1. The highest BCUT2D eigenvalue weighted by atomic mass is 16.5. The topological polar surface area (TPSA) is 49.8 Å². The monoisotopic (exact) mass is 233 g/mol. The van der Waals surface area contributed by atoms with Crippen LogP contribution in [0.1, 0.15) is 34.8 Å². The average Bonchev–Trinajstić information content (AvgIpc) is 2.26. The first-order chi connectivity index (χ1) is 8.27. The van der Waals surface area contributed by atoms with Crippen LogP contribution >= 0.6 is 0 Å². The fraction of sp³-hybridized carbons (Fsp3) is 0.462. The first kappa shape index (κ1) is 10.6. The van der Waals surface area contributed by atoms with Crippen LogP contribution < -0.4 is 4.74 Å². The molecular formula is C13H15NO3. The third kappa shape index (κ3) is 1.69. The molecule has 1 unspecified atom stereocenters. The molecule has 0 aliphatic carbocycles. The number of likely N-dealkylation sites (tertiary alicyclic amines) is 1. The van der Waals surface area contributed by atoms with Gasteiger partial charge in [0.2, 0.25) is 0 Å². The van der Waals surface area contributed by atoms with Gasteiger partial charge in [0, 0.05) is 18.0 Å². The van der Waals surface area contributed by atoms with Gasteiger partial charge >= 0.3 is 5.97 Å². The molecule has 1 fully saturated rings. The Morgan fingerprint density at radius 3 is 2.88 bits per heavy atom. The highest BCUT2D eigenvalue weighted by Crippen LogP contribution is 2.40. The van der Waals surface area contributed by atoms with Crippen molar-refractivity contribution < 1.29 is 14.6 Å². The van der Waals surface area contributed by atoms with Crippen LogP contribution in [0.5, 0.6) is 5.75 Å². The molecule has 17 heavy (non-hydrogen) atoms. The highest BCUT2D eigenvalue weighted by molar-refractivity contribution is 5.90. The van der Waals surface area contributed by atoms with E-state index in [1.807, 2.05) is 6.07 Å². The van der Waals surface area contributed by atoms with Gasteiger partial charge in [0.25, 0.3) is 0 Å². The standard InChI is InChI=1S/C13H15NO3/c15-13(16)9-3-1-4-11-12(9)10(5-8-17-11)14-6-2-7-14/h1,3-4,10H,2,5-8H2,(H,15,16). The predicted octanol–water partition coefficient (Wildman–Crippen LogP) is 1.91. The first-order valence-corrected chi connectivity index (χ1v) is 6.00. The molecule has 1 N–H and O–H groups in total. The van der Waals surface area contributed by atoms with E-state index in [1.165, 1.54) is 6.42 Å². The second-order valence-corrected chi connectivity index (χ2v) is 4.56. The van der Waals surface area contributed by atoms with Gasteiger partial charge in [-0.15, -0.1) is 0 Å². The van der Waals surface area contributed by atoms with Gasteiger partial charge in [-0.1, -0.05) is 6.07 Å². The van der Waals surface area contributed by atoms with Gasteiger partial charge in [-0.2, -0.15) is 0 Å². The fourth-order valence-electron chi connectivity index (χ4n) is 2.64. The summed E-state index contributed by atoms with van der Waals surface area (Å²) in [5.74, 6) is -0.120. The van der Waals surface area contributed by atoms with E-state index in [1.54, 1.807) is 12.1 Å². The molecule has 0 bridgehead atoms. The van der Waals surface area contributed by atoms with E-state index < -0.39 is 5.97 Å². The van der Waals surface area contributed by atoms with Gasteiger partial charge in [0.15, 0.2) is 0 Å². The van der Waals surface area contributed by atoms with E-state index in [0.717, 1.165) is 30.8 Å². The third-order valence-corrected chi connectivity index (χ3v) is 3.61. The molecule has 0 radical (unpaired) electrons. The molecule has 4 nitrogen and oxygen atoms in total. The number of nitrogens with zero attached hydrogens (tertiary/aromatic N) is 1. The lowest BCUT2D eigenvalue weighted by atomic mass is 9.92. The van der Waals surface area contributed by atoms with Crippen LogP contribution in [0.15, 0.2) is 18.2 Å². The Labute approximate surface area is 99.8 Å². The molecule has 3 rings (SSSR count). The summed E-state index contributed by atoms with van der Waals surface area (Å²) in [5, 5.41) is 9.26. The number of rotatable bonds is 2. The summed E-state index contributed by atoms with van der Waals surface area (Å²) in [6, 6.07) is 5.51. The molecule has 90 valence electrons. The number of aromatic carboxylic acids is 1. The number of benzene rings is 1. The normalized spacial score (nSPS) is 23.4. The van der Waals surface area contributed by atoms with Gasteiger partial charge < -0.3 is 9.84 Å². The molecule has 0 saturated carbocycles. The molecule has 1 aromatic rings. The van der Waals surface area contributed by atoms with Crippen LogP contribution in [0.4, 0.5) is 0 Å². The van der Waals surface area contributed by atoms with Crippen LogP contribution in [-0.4, -0.2) is 35.7 Å². The summed E-state index contributed by atoms with van der Waals surface area (Å²) in [4.78, 5) is 13.6. The van der Waals surface area contributed by atoms with Gasteiger partial charge in [0.05, 0.1) is 12.2 Å². The van der Waals surface area contributed by atoms with Crippen molar-refractivity contribution in [2.75, 3.05) is 19.7 Å². The van der Waals surface area contributed by atoms with E-state index in [0.29, 0.717) is 12.2 Å². The Kier molecular flexibility index (Phi) is 2.52. The van der Waals surface area contributed by atoms with Crippen LogP contribution in [-0.2, 0) is 0 Å². The van der Waals surface area contributed by atoms with E-state index in [-0.39, 0.29) is 6.04 Å². The maximum Gasteiger partial charge on any atom is 0.336 e. The average molecular weight is 233 g/mol. The van der Waals surface area contributed by atoms with Crippen LogP contribution in [0.25, 0.3) is 0 Å². The molecule has 0 spiro atoms. The number of hydrogen-bond acceptors (Lipinski definition) is 3. The minimum atomic E-state index is -0.863. The van der Waals surface area contributed by atoms with E-state index >= 15 is 0 Å². The van der Waals surface area contributed by atoms with Crippen LogP contribution in [0.2, 0.25) is 0 Å². The minimum Gasteiger partial charge on any atom is -0.493 e. The van der Waals surface area contributed by atoms with Crippen molar-refractivity contribution in [3.05, 3.63) is 29.3 Å². The summed E-state index contributed by atoms with van der Waals surface area (Å²) in [6.45, 7) is 2.81. The van der Waals surface area contributed by atoms with Gasteiger partial charge in [-0.05, 0) is 31.6 Å². The Morgan fingerprint density at radius 2 is 2.24 bits per heavy atom. The summed E-state index contributed by atoms with van der Waals surface area (Å²) < 4.78 is 5.57. The smallest absolute Gasteiger partial charge is 0.336 e. The number of ether oxygens (including phenoxy) is 1. The zero-order chi connectivity index (χ0) is 11.8. The maximum atomic E-state index is 11.3. The lowest BCUT2D eigenvalue weighted by molar-refractivity contribution is 0.0660. The van der Waals surface area contributed by atoms with Crippen molar-refractivity contribution >= 4 is 5.97 Å². The van der Waals surface area contributed by atoms with E-state index in [9.17, 15) is 9.90 Å². The number of hydrogen-bond donors (Lipinski definition) is 1. The summed E-state index contributed by atoms with van der Waals surface area (Å²) in [5.41, 5.74) is 1.25. The molecule has 4 heteroatoms. The minimum absolute atomic E-state index is 0.222. The molecule has 0 amide bonds. The Hall–Kier alpha value is -1.55. The lowest BCUT2D eigenvalue weighted by Crippen LogP contribution is -2.42. The van der Waals surface area contributed by atoms with Crippen molar-refractivity contribution in [3.63, 3.8) is 0 Å². The maximum absolute atomic E-state index is 11.3. The molecule has 2 heterocycles. The van der Waals surface area contributed by atoms with Crippen molar-refractivity contribution in [2.45, 2.75) is 18.9 Å². The predicted molar refractivity (Wildman–Crippen MR) is 62.4 cm³/mol. The van der Waals surface area contributed by atoms with Crippen LogP contribution in [0, 0.1) is 0 Å². The summed E-state index contributed by atoms with van der Waals surface area (Å²) >= 11 is 0. The Balaban J connectivity index is 2.06. The molecule has 1 aromatic carbocycles. The van der Waals surface area contributed by atoms with Crippen molar-refractivity contribution in [2.24, 2.45) is 0 Å². The van der Waals surface area contributed by atoms with Crippen molar-refractivity contribution in [1.29, 1.82) is 0 Å². The second kappa shape index (κ2) is 4.04. The van der Waals surface area contributed by atoms with Crippen LogP contribution in [0.3, 0.4) is 0 Å². The zero-order valence-electron chi connectivity index (χ0n) is 9.56. The third-order valence-electron chi connectivity index (χ3n) is 3.61. The summed E-state index contributed by atoms with van der Waals surface area (Å²) in [6.07, 6.45) is 2.10. The quantitative estimate of drug-likeness (QED) is 0.847. The first-order valence-electron chi connectivity index (χ1n) is 6.00. The van der Waals surface area contributed by atoms with Gasteiger partial charge in [-0.3, -0.25) is 4.90 Å². The largest absolute Gasteiger partial charge is 0.493 e. The Morgan fingerprint density at radius 1 is 1.41 bits per heavy atom. The number of carboxylic acid groups (broad SMARTS) is 1. The molecule has 1 atom stereocenters. The number of fused-ring (bicyclic) bond motifs is 1.